The highest BCUT2D eigenvalue weighted by Gasteiger charge is 2.08. The molecule has 1 amide bonds. The van der Waals surface area contributed by atoms with Crippen LogP contribution in [0.15, 0.2) is 50.4 Å². The third kappa shape index (κ3) is 3.62. The first kappa shape index (κ1) is 16.6. The number of phenolic OH excluding ortho intramolecular Hbond substituents is 1. The Morgan fingerprint density at radius 3 is 2.75 bits per heavy atom. The number of carbonyl (C=O) groups excluding carboxylic acids is 1. The fourth-order valence-corrected chi connectivity index (χ4v) is 3.27. The molecule has 24 heavy (non-hydrogen) atoms. The predicted molar refractivity (Wildman–Crippen MR) is 96.8 cm³/mol. The molecule has 0 aliphatic rings. The molecule has 9 heteroatoms. The van der Waals surface area contributed by atoms with Gasteiger partial charge in [-0.15, -0.1) is 5.10 Å². The molecular weight excluding hydrogens is 442 g/mol. The van der Waals surface area contributed by atoms with Gasteiger partial charge in [-0.3, -0.25) is 4.79 Å². The largest absolute Gasteiger partial charge is 0.506 e. The van der Waals surface area contributed by atoms with Crippen molar-refractivity contribution in [1.82, 2.24) is 20.4 Å². The van der Waals surface area contributed by atoms with Crippen molar-refractivity contribution in [1.29, 1.82) is 0 Å². The molecule has 3 rings (SSSR count). The molecule has 0 bridgehead atoms. The Kier molecular flexibility index (Phi) is 4.91. The van der Waals surface area contributed by atoms with E-state index in [0.717, 1.165) is 11.0 Å². The number of aromatic hydroxyl groups is 1. The van der Waals surface area contributed by atoms with Crippen LogP contribution in [0.25, 0.3) is 11.0 Å². The van der Waals surface area contributed by atoms with E-state index in [-0.39, 0.29) is 18.2 Å². The first-order valence-corrected chi connectivity index (χ1v) is 8.41. The summed E-state index contributed by atoms with van der Waals surface area (Å²) in [6.45, 7) is 0.0147. The van der Waals surface area contributed by atoms with Crippen molar-refractivity contribution in [3.63, 3.8) is 0 Å². The third-order valence-electron chi connectivity index (χ3n) is 3.16. The maximum Gasteiger partial charge on any atom is 0.261 e. The molecular formula is C15H11Br2N5O2. The minimum atomic E-state index is -0.321. The molecule has 0 saturated heterocycles. The number of hydrogen-bond donors (Lipinski definition) is 2. The minimum Gasteiger partial charge on any atom is -0.506 e. The molecule has 0 atom stereocenters. The first-order valence-electron chi connectivity index (χ1n) is 6.83. The number of amides is 1. The van der Waals surface area contributed by atoms with Crippen molar-refractivity contribution < 1.29 is 9.90 Å². The number of nitrogens with one attached hydrogen (secondary N) is 1. The van der Waals surface area contributed by atoms with Crippen LogP contribution in [0.4, 0.5) is 0 Å². The Balaban J connectivity index is 1.65. The number of carbonyl (C=O) groups is 1. The Hall–Kier alpha value is -2.26. The Labute approximate surface area is 153 Å². The van der Waals surface area contributed by atoms with Gasteiger partial charge in [-0.25, -0.2) is 10.1 Å². The summed E-state index contributed by atoms with van der Waals surface area (Å²) < 4.78 is 2.56. The Morgan fingerprint density at radius 1 is 1.29 bits per heavy atom. The van der Waals surface area contributed by atoms with Crippen LogP contribution in [0.5, 0.6) is 5.75 Å². The van der Waals surface area contributed by atoms with Crippen molar-refractivity contribution in [2.75, 3.05) is 0 Å². The van der Waals surface area contributed by atoms with Crippen LogP contribution in [-0.2, 0) is 11.3 Å². The molecule has 1 aromatic heterocycles. The van der Waals surface area contributed by atoms with Gasteiger partial charge in [0, 0.05) is 0 Å². The van der Waals surface area contributed by atoms with E-state index in [9.17, 15) is 9.90 Å². The molecule has 2 aromatic carbocycles. The van der Waals surface area contributed by atoms with Gasteiger partial charge in [0.2, 0.25) is 0 Å². The lowest BCUT2D eigenvalue weighted by Crippen LogP contribution is -2.23. The van der Waals surface area contributed by atoms with Crippen LogP contribution in [0.3, 0.4) is 0 Å². The highest BCUT2D eigenvalue weighted by atomic mass is 79.9. The number of para-hydroxylation sites is 1. The average molecular weight is 453 g/mol. The zero-order valence-electron chi connectivity index (χ0n) is 12.1. The molecule has 0 fully saturated rings. The fourth-order valence-electron chi connectivity index (χ4n) is 2.04. The van der Waals surface area contributed by atoms with Crippen LogP contribution in [0.2, 0.25) is 0 Å². The van der Waals surface area contributed by atoms with E-state index in [1.165, 1.54) is 10.9 Å². The second-order valence-corrected chi connectivity index (χ2v) is 6.57. The maximum absolute atomic E-state index is 12.0. The lowest BCUT2D eigenvalue weighted by molar-refractivity contribution is -0.121. The monoisotopic (exact) mass is 451 g/mol. The molecule has 2 N–H and O–H groups in total. The van der Waals surface area contributed by atoms with Crippen molar-refractivity contribution >= 4 is 55.0 Å². The maximum atomic E-state index is 12.0. The summed E-state index contributed by atoms with van der Waals surface area (Å²) in [5.74, 6) is -0.215. The van der Waals surface area contributed by atoms with E-state index in [2.05, 4.69) is 52.7 Å². The number of fused-ring (bicyclic) bond motifs is 1. The number of halogens is 2. The Bertz CT molecular complexity index is 916. The topological polar surface area (TPSA) is 92.4 Å². The van der Waals surface area contributed by atoms with E-state index < -0.39 is 0 Å². The fraction of sp³-hybridized carbons (Fsp3) is 0.0667. The number of benzene rings is 2. The summed E-state index contributed by atoms with van der Waals surface area (Å²) >= 11 is 6.47. The standard InChI is InChI=1S/C15H11Br2N5O2/c16-10-5-9(6-11(17)15(10)24)7-18-20-14(23)8-22-13-4-2-1-3-12(13)19-21-22/h1-7,24H,8H2,(H,20,23)/b18-7+. The number of nitrogens with zero attached hydrogens (tertiary/aromatic N) is 4. The van der Waals surface area contributed by atoms with E-state index >= 15 is 0 Å². The van der Waals surface area contributed by atoms with Gasteiger partial charge in [-0.2, -0.15) is 5.10 Å². The highest BCUT2D eigenvalue weighted by Crippen LogP contribution is 2.32. The first-order chi connectivity index (χ1) is 11.5. The van der Waals surface area contributed by atoms with Crippen molar-refractivity contribution in [3.05, 3.63) is 50.9 Å². The highest BCUT2D eigenvalue weighted by molar-refractivity contribution is 9.11. The van der Waals surface area contributed by atoms with Gasteiger partial charge in [0.15, 0.2) is 0 Å². The van der Waals surface area contributed by atoms with Gasteiger partial charge in [-0.05, 0) is 61.7 Å². The normalized spacial score (nSPS) is 11.2. The van der Waals surface area contributed by atoms with E-state index in [4.69, 9.17) is 0 Å². The molecule has 0 spiro atoms. The molecule has 0 aliphatic heterocycles. The smallest absolute Gasteiger partial charge is 0.261 e. The number of phenols is 1. The summed E-state index contributed by atoms with van der Waals surface area (Å²) in [7, 11) is 0. The minimum absolute atomic E-state index is 0.0147. The number of rotatable bonds is 4. The molecule has 0 unspecified atom stereocenters. The van der Waals surface area contributed by atoms with Crippen molar-refractivity contribution in [3.8, 4) is 5.75 Å². The van der Waals surface area contributed by atoms with Gasteiger partial charge in [0.25, 0.3) is 5.91 Å². The average Bonchev–Trinajstić information content (AvgIpc) is 2.96. The second kappa shape index (κ2) is 7.10. The van der Waals surface area contributed by atoms with E-state index in [1.807, 2.05) is 24.3 Å². The quantitative estimate of drug-likeness (QED) is 0.470. The lowest BCUT2D eigenvalue weighted by Gasteiger charge is -2.03. The SMILES string of the molecule is O=C(Cn1nnc2ccccc21)N/N=C/c1cc(Br)c(O)c(Br)c1. The lowest BCUT2D eigenvalue weighted by atomic mass is 10.2. The number of hydrogen-bond acceptors (Lipinski definition) is 5. The van der Waals surface area contributed by atoms with Crippen LogP contribution < -0.4 is 5.43 Å². The molecule has 122 valence electrons. The molecule has 0 saturated carbocycles. The van der Waals surface area contributed by atoms with Crippen LogP contribution in [-0.4, -0.2) is 32.2 Å². The van der Waals surface area contributed by atoms with Gasteiger partial charge < -0.3 is 5.11 Å². The number of aromatic nitrogens is 3. The van der Waals surface area contributed by atoms with E-state index in [1.54, 1.807) is 12.1 Å². The van der Waals surface area contributed by atoms with Crippen molar-refractivity contribution in [2.45, 2.75) is 6.54 Å². The summed E-state index contributed by atoms with van der Waals surface area (Å²) in [5.41, 5.74) is 4.65. The van der Waals surface area contributed by atoms with Crippen LogP contribution in [0.1, 0.15) is 5.56 Å². The molecule has 1 heterocycles. The zero-order valence-corrected chi connectivity index (χ0v) is 15.3. The van der Waals surface area contributed by atoms with Gasteiger partial charge in [0.05, 0.1) is 20.7 Å². The molecule has 0 radical (unpaired) electrons. The van der Waals surface area contributed by atoms with E-state index in [0.29, 0.717) is 14.5 Å². The van der Waals surface area contributed by atoms with Gasteiger partial charge in [0.1, 0.15) is 17.8 Å². The summed E-state index contributed by atoms with van der Waals surface area (Å²) in [4.78, 5) is 12.0. The number of hydrazone groups is 1. The molecule has 7 nitrogen and oxygen atoms in total. The zero-order chi connectivity index (χ0) is 17.1. The molecule has 3 aromatic rings. The molecule has 0 aliphatic carbocycles. The summed E-state index contributed by atoms with van der Waals surface area (Å²) in [6, 6.07) is 10.8. The van der Waals surface area contributed by atoms with Crippen LogP contribution >= 0.6 is 31.9 Å². The van der Waals surface area contributed by atoms with Gasteiger partial charge >= 0.3 is 0 Å². The summed E-state index contributed by atoms with van der Waals surface area (Å²) in [5, 5.41) is 21.5. The van der Waals surface area contributed by atoms with Gasteiger partial charge in [-0.1, -0.05) is 17.3 Å². The summed E-state index contributed by atoms with van der Waals surface area (Å²) in [6.07, 6.45) is 1.48. The Morgan fingerprint density at radius 2 is 2.00 bits per heavy atom. The second-order valence-electron chi connectivity index (χ2n) is 4.86. The van der Waals surface area contributed by atoms with Crippen LogP contribution in [0, 0.1) is 0 Å². The van der Waals surface area contributed by atoms with Crippen molar-refractivity contribution in [2.24, 2.45) is 5.10 Å². The predicted octanol–water partition coefficient (Wildman–Crippen LogP) is 2.81. The third-order valence-corrected chi connectivity index (χ3v) is 4.36.